The molecule has 3 aromatic rings. The molecule has 0 saturated heterocycles. The highest BCUT2D eigenvalue weighted by Crippen LogP contribution is 2.40. The Kier molecular flexibility index (Phi) is 7.33. The monoisotopic (exact) mass is 458 g/mol. The average Bonchev–Trinajstić information content (AvgIpc) is 3.32. The predicted molar refractivity (Wildman–Crippen MR) is 129 cm³/mol. The molecule has 1 aliphatic rings. The van der Waals surface area contributed by atoms with E-state index in [0.717, 1.165) is 31.2 Å². The van der Waals surface area contributed by atoms with Crippen LogP contribution in [-0.4, -0.2) is 38.8 Å². The number of nitrogens with two attached hydrogens (primary N) is 1. The van der Waals surface area contributed by atoms with E-state index in [1.54, 1.807) is 42.7 Å². The van der Waals surface area contributed by atoms with E-state index in [2.05, 4.69) is 9.97 Å². The molecule has 0 radical (unpaired) electrons. The zero-order valence-corrected chi connectivity index (χ0v) is 19.3. The van der Waals surface area contributed by atoms with Crippen molar-refractivity contribution in [2.45, 2.75) is 38.3 Å². The van der Waals surface area contributed by atoms with Gasteiger partial charge in [-0.1, -0.05) is 24.3 Å². The molecule has 0 unspecified atom stereocenters. The fraction of sp³-hybridized carbons (Fsp3) is 0.333. The van der Waals surface area contributed by atoms with Gasteiger partial charge in [-0.05, 0) is 78.5 Å². The summed E-state index contributed by atoms with van der Waals surface area (Å²) in [6.45, 7) is 0.515. The number of aromatic nitrogens is 2. The highest BCUT2D eigenvalue weighted by molar-refractivity contribution is 5.94. The first kappa shape index (κ1) is 23.6. The molecule has 2 heterocycles. The first-order chi connectivity index (χ1) is 16.4. The number of hydrogen-bond acceptors (Lipinski definition) is 5. The number of amides is 2. The van der Waals surface area contributed by atoms with E-state index in [-0.39, 0.29) is 17.5 Å². The number of hydrogen-bond donors (Lipinski definition) is 2. The summed E-state index contributed by atoms with van der Waals surface area (Å²) in [6, 6.07) is 15.0. The van der Waals surface area contributed by atoms with Crippen LogP contribution < -0.4 is 5.73 Å². The van der Waals surface area contributed by atoms with E-state index in [9.17, 15) is 14.7 Å². The number of benzene rings is 1. The van der Waals surface area contributed by atoms with Gasteiger partial charge in [0, 0.05) is 37.7 Å². The second kappa shape index (κ2) is 10.6. The fourth-order valence-electron chi connectivity index (χ4n) is 4.76. The maximum Gasteiger partial charge on any atom is 0.267 e. The minimum absolute atomic E-state index is 0.0181. The molecular weight excluding hydrogens is 428 g/mol. The van der Waals surface area contributed by atoms with Crippen LogP contribution in [0.2, 0.25) is 0 Å². The van der Waals surface area contributed by atoms with Crippen LogP contribution in [0.3, 0.4) is 0 Å². The second-order valence-electron chi connectivity index (χ2n) is 9.15. The number of pyridine rings is 2. The van der Waals surface area contributed by atoms with Crippen LogP contribution in [0.1, 0.15) is 62.9 Å². The molecule has 0 spiro atoms. The number of nitrogens with zero attached hydrogens (tertiary/aromatic N) is 3. The number of carbonyl (C=O) groups is 2. The van der Waals surface area contributed by atoms with Gasteiger partial charge in [0.1, 0.15) is 5.69 Å². The molecule has 0 bridgehead atoms. The lowest BCUT2D eigenvalue weighted by molar-refractivity contribution is 0.0784. The quantitative estimate of drug-likeness (QED) is 0.537. The van der Waals surface area contributed by atoms with Crippen molar-refractivity contribution in [1.29, 1.82) is 0 Å². The van der Waals surface area contributed by atoms with E-state index in [1.807, 2.05) is 36.4 Å². The third-order valence-corrected chi connectivity index (χ3v) is 6.62. The zero-order valence-electron chi connectivity index (χ0n) is 19.3. The van der Waals surface area contributed by atoms with Crippen LogP contribution in [0.15, 0.2) is 67.1 Å². The van der Waals surface area contributed by atoms with Gasteiger partial charge in [0.15, 0.2) is 0 Å². The van der Waals surface area contributed by atoms with Crippen molar-refractivity contribution in [3.05, 3.63) is 95.1 Å². The van der Waals surface area contributed by atoms with E-state index in [4.69, 9.17) is 5.73 Å². The van der Waals surface area contributed by atoms with Gasteiger partial charge in [-0.25, -0.2) is 0 Å². The Bertz CT molecular complexity index is 1120. The summed E-state index contributed by atoms with van der Waals surface area (Å²) in [5.74, 6) is 0.0470. The van der Waals surface area contributed by atoms with Crippen LogP contribution >= 0.6 is 0 Å². The molecule has 3 N–H and O–H groups in total. The molecule has 1 saturated carbocycles. The first-order valence-corrected chi connectivity index (χ1v) is 11.6. The van der Waals surface area contributed by atoms with Gasteiger partial charge in [-0.15, -0.1) is 0 Å². The Morgan fingerprint density at radius 1 is 1.09 bits per heavy atom. The van der Waals surface area contributed by atoms with Gasteiger partial charge in [0.25, 0.3) is 11.8 Å². The number of aliphatic hydroxyl groups excluding tert-OH is 1. The molecule has 0 aliphatic heterocycles. The third-order valence-electron chi connectivity index (χ3n) is 6.62. The molecule has 1 aliphatic carbocycles. The van der Waals surface area contributed by atoms with Crippen LogP contribution in [0.25, 0.3) is 0 Å². The van der Waals surface area contributed by atoms with Crippen molar-refractivity contribution < 1.29 is 14.7 Å². The molecular formula is C27H30N4O3. The number of aliphatic hydroxyl groups is 1. The summed E-state index contributed by atoms with van der Waals surface area (Å²) >= 11 is 0. The summed E-state index contributed by atoms with van der Waals surface area (Å²) in [7, 11) is 1.80. The molecule has 1 aromatic carbocycles. The Balaban J connectivity index is 1.30. The highest BCUT2D eigenvalue weighted by atomic mass is 16.3. The maximum absolute atomic E-state index is 12.8. The van der Waals surface area contributed by atoms with Crippen molar-refractivity contribution in [2.24, 2.45) is 17.6 Å². The van der Waals surface area contributed by atoms with Crippen LogP contribution in [0, 0.1) is 11.8 Å². The van der Waals surface area contributed by atoms with E-state index in [1.165, 1.54) is 5.56 Å². The van der Waals surface area contributed by atoms with Crippen molar-refractivity contribution in [3.8, 4) is 0 Å². The Morgan fingerprint density at radius 2 is 1.88 bits per heavy atom. The molecule has 7 nitrogen and oxygen atoms in total. The maximum atomic E-state index is 12.8. The van der Waals surface area contributed by atoms with E-state index in [0.29, 0.717) is 23.6 Å². The molecule has 7 heteroatoms. The summed E-state index contributed by atoms with van der Waals surface area (Å²) in [5, 5.41) is 10.8. The Morgan fingerprint density at radius 3 is 2.53 bits per heavy atom. The molecule has 3 atom stereocenters. The molecule has 2 aromatic heterocycles. The van der Waals surface area contributed by atoms with Gasteiger partial charge >= 0.3 is 0 Å². The Labute approximate surface area is 199 Å². The number of carbonyl (C=O) groups excluding carboxylic acids is 2. The van der Waals surface area contributed by atoms with Crippen molar-refractivity contribution in [2.75, 3.05) is 7.05 Å². The minimum Gasteiger partial charge on any atom is -0.388 e. The lowest BCUT2D eigenvalue weighted by atomic mass is 9.92. The van der Waals surface area contributed by atoms with Gasteiger partial charge in [-0.3, -0.25) is 19.6 Å². The van der Waals surface area contributed by atoms with Crippen molar-refractivity contribution in [3.63, 3.8) is 0 Å². The molecule has 2 amide bonds. The highest BCUT2D eigenvalue weighted by Gasteiger charge is 2.31. The summed E-state index contributed by atoms with van der Waals surface area (Å²) < 4.78 is 0. The minimum atomic E-state index is -0.602. The Hall–Kier alpha value is -3.58. The second-order valence-corrected chi connectivity index (χ2v) is 9.15. The van der Waals surface area contributed by atoms with Crippen molar-refractivity contribution >= 4 is 11.8 Å². The van der Waals surface area contributed by atoms with Gasteiger partial charge < -0.3 is 15.7 Å². The topological polar surface area (TPSA) is 109 Å². The largest absolute Gasteiger partial charge is 0.388 e. The normalized spacial score (nSPS) is 18.4. The lowest BCUT2D eigenvalue weighted by Gasteiger charge is -2.19. The average molecular weight is 459 g/mol. The van der Waals surface area contributed by atoms with Crippen LogP contribution in [0.5, 0.6) is 0 Å². The van der Waals surface area contributed by atoms with Crippen LogP contribution in [-0.2, 0) is 13.0 Å². The van der Waals surface area contributed by atoms with E-state index >= 15 is 0 Å². The standard InChI is InChI=1S/C27H30N4O3/c1-31(17-20-3-2-12-29-15-20)27(34)21-7-4-18(5-8-21)13-19-6-9-22(14-19)25(32)23-10-11-24(26(28)33)30-16-23/h2-5,7-8,10-12,15-16,19,22,25,32H,6,9,13-14,17H2,1H3,(H2,28,33)/t19-,22-,25-/m0/s1. The molecule has 34 heavy (non-hydrogen) atoms. The van der Waals surface area contributed by atoms with Crippen LogP contribution in [0.4, 0.5) is 0 Å². The van der Waals surface area contributed by atoms with E-state index < -0.39 is 12.0 Å². The lowest BCUT2D eigenvalue weighted by Crippen LogP contribution is -2.26. The fourth-order valence-corrected chi connectivity index (χ4v) is 4.76. The predicted octanol–water partition coefficient (Wildman–Crippen LogP) is 3.54. The number of primary amides is 1. The zero-order chi connectivity index (χ0) is 24.1. The van der Waals surface area contributed by atoms with Gasteiger partial charge in [0.2, 0.25) is 0 Å². The van der Waals surface area contributed by atoms with Gasteiger partial charge in [0.05, 0.1) is 6.10 Å². The van der Waals surface area contributed by atoms with Crippen molar-refractivity contribution in [1.82, 2.24) is 14.9 Å². The first-order valence-electron chi connectivity index (χ1n) is 11.6. The number of rotatable bonds is 8. The molecule has 4 rings (SSSR count). The smallest absolute Gasteiger partial charge is 0.267 e. The molecule has 176 valence electrons. The van der Waals surface area contributed by atoms with Gasteiger partial charge in [-0.2, -0.15) is 0 Å². The third kappa shape index (κ3) is 5.66. The SMILES string of the molecule is CN(Cc1cccnc1)C(=O)c1ccc(C[C@@H]2CC[C@H]([C@H](O)c3ccc(C(N)=O)nc3)C2)cc1. The summed E-state index contributed by atoms with van der Waals surface area (Å²) in [5.41, 5.74) is 9.01. The molecule has 1 fully saturated rings. The summed E-state index contributed by atoms with van der Waals surface area (Å²) in [6.07, 6.45) is 8.26. The summed E-state index contributed by atoms with van der Waals surface area (Å²) in [4.78, 5) is 33.8.